The Morgan fingerprint density at radius 1 is 1.25 bits per heavy atom. The fourth-order valence-electron chi connectivity index (χ4n) is 3.12. The molecule has 1 aromatic carbocycles. The lowest BCUT2D eigenvalue weighted by Crippen LogP contribution is -2.21. The van der Waals surface area contributed by atoms with Crippen LogP contribution < -0.4 is 5.32 Å². The summed E-state index contributed by atoms with van der Waals surface area (Å²) in [6.45, 7) is 3.45. The Bertz CT molecular complexity index is 535. The van der Waals surface area contributed by atoms with Crippen molar-refractivity contribution in [2.24, 2.45) is 11.8 Å². The van der Waals surface area contributed by atoms with Crippen molar-refractivity contribution < 1.29 is 0 Å². The molecule has 2 aromatic rings. The minimum atomic E-state index is 0.817. The molecule has 106 valence electrons. The molecule has 1 aliphatic carbocycles. The summed E-state index contributed by atoms with van der Waals surface area (Å²) in [6, 6.07) is 8.41. The summed E-state index contributed by atoms with van der Waals surface area (Å²) in [5.74, 6) is 1.70. The van der Waals surface area contributed by atoms with E-state index in [1.165, 1.54) is 31.4 Å². The van der Waals surface area contributed by atoms with Crippen molar-refractivity contribution in [1.29, 1.82) is 0 Å². The van der Waals surface area contributed by atoms with Gasteiger partial charge in [-0.15, -0.1) is 10.2 Å². The monoisotopic (exact) mass is 270 g/mol. The van der Waals surface area contributed by atoms with Gasteiger partial charge in [-0.2, -0.15) is 0 Å². The van der Waals surface area contributed by atoms with E-state index in [2.05, 4.69) is 46.7 Å². The molecule has 4 nitrogen and oxygen atoms in total. The molecule has 0 saturated heterocycles. The van der Waals surface area contributed by atoms with E-state index < -0.39 is 0 Å². The Hall–Kier alpha value is -1.84. The Kier molecular flexibility index (Phi) is 4.00. The Balaban J connectivity index is 1.61. The van der Waals surface area contributed by atoms with Crippen LogP contribution in [0.2, 0.25) is 0 Å². The minimum absolute atomic E-state index is 0.817. The largest absolute Gasteiger partial charge is 0.385 e. The zero-order chi connectivity index (χ0) is 13.8. The molecule has 1 saturated carbocycles. The minimum Gasteiger partial charge on any atom is -0.385 e. The van der Waals surface area contributed by atoms with Gasteiger partial charge in [0.05, 0.1) is 5.69 Å². The first-order valence-electron chi connectivity index (χ1n) is 7.50. The molecule has 1 N–H and O–H groups in total. The second-order valence-corrected chi connectivity index (χ2v) is 5.94. The number of anilines is 1. The van der Waals surface area contributed by atoms with Crippen molar-refractivity contribution in [3.63, 3.8) is 0 Å². The van der Waals surface area contributed by atoms with Gasteiger partial charge in [-0.05, 0) is 42.9 Å². The van der Waals surface area contributed by atoms with Gasteiger partial charge in [-0.3, -0.25) is 4.57 Å². The Morgan fingerprint density at radius 2 is 2.10 bits per heavy atom. The maximum Gasteiger partial charge on any atom is 0.123 e. The number of rotatable bonds is 4. The van der Waals surface area contributed by atoms with Gasteiger partial charge in [0, 0.05) is 12.2 Å². The van der Waals surface area contributed by atoms with Gasteiger partial charge in [0.15, 0.2) is 0 Å². The van der Waals surface area contributed by atoms with Crippen LogP contribution in [0.5, 0.6) is 0 Å². The van der Waals surface area contributed by atoms with Crippen LogP contribution in [0.15, 0.2) is 36.9 Å². The lowest BCUT2D eigenvalue weighted by Gasteiger charge is -2.27. The fraction of sp³-hybridized carbons (Fsp3) is 0.500. The first kappa shape index (κ1) is 13.2. The van der Waals surface area contributed by atoms with Gasteiger partial charge in [0.2, 0.25) is 0 Å². The normalized spacial score (nSPS) is 22.6. The predicted molar refractivity (Wildman–Crippen MR) is 81.0 cm³/mol. The van der Waals surface area contributed by atoms with Gasteiger partial charge in [-0.25, -0.2) is 0 Å². The third kappa shape index (κ3) is 3.18. The summed E-state index contributed by atoms with van der Waals surface area (Å²) in [7, 11) is 0. The number of benzene rings is 1. The highest BCUT2D eigenvalue weighted by Gasteiger charge is 2.18. The van der Waals surface area contributed by atoms with Crippen LogP contribution in [0.4, 0.5) is 5.69 Å². The van der Waals surface area contributed by atoms with Crippen molar-refractivity contribution in [2.45, 2.75) is 32.6 Å². The standard InChI is InChI=1S/C16H22N4/c1-13-4-2-5-14(8-13)10-17-15-6-3-7-16(9-15)20-11-18-19-12-20/h3,6-7,9,11-14,17H,2,4-5,8,10H2,1H3. The summed E-state index contributed by atoms with van der Waals surface area (Å²) >= 11 is 0. The van der Waals surface area contributed by atoms with Crippen LogP contribution in [0.25, 0.3) is 5.69 Å². The first-order chi connectivity index (χ1) is 9.81. The summed E-state index contributed by atoms with van der Waals surface area (Å²) < 4.78 is 1.92. The smallest absolute Gasteiger partial charge is 0.123 e. The molecular weight excluding hydrogens is 248 g/mol. The zero-order valence-corrected chi connectivity index (χ0v) is 12.0. The second kappa shape index (κ2) is 6.07. The third-order valence-electron chi connectivity index (χ3n) is 4.20. The van der Waals surface area contributed by atoms with Crippen molar-refractivity contribution in [1.82, 2.24) is 14.8 Å². The third-order valence-corrected chi connectivity index (χ3v) is 4.20. The molecule has 3 rings (SSSR count). The summed E-state index contributed by atoms with van der Waals surface area (Å²) in [5, 5.41) is 11.3. The van der Waals surface area contributed by atoms with Crippen molar-refractivity contribution >= 4 is 5.69 Å². The van der Waals surface area contributed by atoms with Crippen LogP contribution in [-0.4, -0.2) is 21.3 Å². The van der Waals surface area contributed by atoms with Crippen LogP contribution in [0, 0.1) is 11.8 Å². The van der Waals surface area contributed by atoms with Gasteiger partial charge in [0.25, 0.3) is 0 Å². The van der Waals surface area contributed by atoms with E-state index in [1.54, 1.807) is 12.7 Å². The number of aromatic nitrogens is 3. The molecule has 1 aromatic heterocycles. The first-order valence-corrected chi connectivity index (χ1v) is 7.50. The molecule has 0 bridgehead atoms. The van der Waals surface area contributed by atoms with E-state index in [-0.39, 0.29) is 0 Å². The molecular formula is C16H22N4. The molecule has 0 radical (unpaired) electrons. The van der Waals surface area contributed by atoms with E-state index >= 15 is 0 Å². The maximum atomic E-state index is 3.85. The molecule has 0 aliphatic heterocycles. The molecule has 2 atom stereocenters. The highest BCUT2D eigenvalue weighted by atomic mass is 15.2. The van der Waals surface area contributed by atoms with Gasteiger partial charge in [-0.1, -0.05) is 25.8 Å². The quantitative estimate of drug-likeness (QED) is 0.924. The Morgan fingerprint density at radius 3 is 2.90 bits per heavy atom. The zero-order valence-electron chi connectivity index (χ0n) is 12.0. The van der Waals surface area contributed by atoms with Crippen LogP contribution in [0.3, 0.4) is 0 Å². The van der Waals surface area contributed by atoms with Crippen molar-refractivity contribution in [3.05, 3.63) is 36.9 Å². The maximum absolute atomic E-state index is 3.85. The highest BCUT2D eigenvalue weighted by Crippen LogP contribution is 2.28. The highest BCUT2D eigenvalue weighted by molar-refractivity contribution is 5.51. The Labute approximate surface area is 120 Å². The summed E-state index contributed by atoms with van der Waals surface area (Å²) in [4.78, 5) is 0. The lowest BCUT2D eigenvalue weighted by atomic mass is 9.82. The average Bonchev–Trinajstić information content (AvgIpc) is 3.00. The van der Waals surface area contributed by atoms with E-state index in [0.717, 1.165) is 24.1 Å². The molecule has 0 amide bonds. The molecule has 4 heteroatoms. The topological polar surface area (TPSA) is 42.7 Å². The summed E-state index contributed by atoms with van der Waals surface area (Å²) in [5.41, 5.74) is 2.27. The van der Waals surface area contributed by atoms with Gasteiger partial charge < -0.3 is 5.32 Å². The molecule has 1 aliphatic rings. The van der Waals surface area contributed by atoms with E-state index in [0.29, 0.717) is 0 Å². The van der Waals surface area contributed by atoms with Crippen molar-refractivity contribution in [2.75, 3.05) is 11.9 Å². The van der Waals surface area contributed by atoms with E-state index in [9.17, 15) is 0 Å². The SMILES string of the molecule is CC1CCCC(CNc2cccc(-n3cnnc3)c2)C1. The molecule has 1 fully saturated rings. The number of hydrogen-bond acceptors (Lipinski definition) is 3. The lowest BCUT2D eigenvalue weighted by molar-refractivity contribution is 0.293. The van der Waals surface area contributed by atoms with Crippen LogP contribution in [0.1, 0.15) is 32.6 Å². The van der Waals surface area contributed by atoms with Crippen molar-refractivity contribution in [3.8, 4) is 5.69 Å². The molecule has 1 heterocycles. The van der Waals surface area contributed by atoms with Crippen LogP contribution in [-0.2, 0) is 0 Å². The van der Waals surface area contributed by atoms with E-state index in [4.69, 9.17) is 0 Å². The fourth-order valence-corrected chi connectivity index (χ4v) is 3.12. The molecule has 20 heavy (non-hydrogen) atoms. The van der Waals surface area contributed by atoms with Gasteiger partial charge >= 0.3 is 0 Å². The van der Waals surface area contributed by atoms with Gasteiger partial charge in [0.1, 0.15) is 12.7 Å². The molecule has 2 unspecified atom stereocenters. The van der Waals surface area contributed by atoms with Crippen LogP contribution >= 0.6 is 0 Å². The number of hydrogen-bond donors (Lipinski definition) is 1. The average molecular weight is 270 g/mol. The van der Waals surface area contributed by atoms with E-state index in [1.807, 2.05) is 4.57 Å². The second-order valence-electron chi connectivity index (χ2n) is 5.94. The predicted octanol–water partition coefficient (Wildman–Crippen LogP) is 3.51. The molecule has 0 spiro atoms. The number of nitrogens with one attached hydrogen (secondary N) is 1. The number of nitrogens with zero attached hydrogens (tertiary/aromatic N) is 3. The summed E-state index contributed by atoms with van der Waals surface area (Å²) in [6.07, 6.45) is 8.96.